The average molecular weight is 272 g/mol. The van der Waals surface area contributed by atoms with E-state index in [1.165, 1.54) is 6.33 Å². The molecule has 3 N–H and O–H groups in total. The maximum atomic E-state index is 6.15. The molecule has 0 saturated heterocycles. The zero-order chi connectivity index (χ0) is 14.4. The molecule has 0 bridgehead atoms. The number of anilines is 4. The molecule has 6 heteroatoms. The Kier molecular flexibility index (Phi) is 4.70. The molecule has 0 aliphatic carbocycles. The molecular formula is C14H20N6. The topological polar surface area (TPSA) is 80.0 Å². The van der Waals surface area contributed by atoms with Crippen LogP contribution in [0.1, 0.15) is 19.8 Å². The summed E-state index contributed by atoms with van der Waals surface area (Å²) in [7, 11) is 1.99. The number of nitrogen functional groups attached to an aromatic ring is 1. The van der Waals surface area contributed by atoms with Crippen LogP contribution in [0.5, 0.6) is 0 Å². The van der Waals surface area contributed by atoms with Gasteiger partial charge in [-0.3, -0.25) is 0 Å². The highest BCUT2D eigenvalue weighted by atomic mass is 15.2. The van der Waals surface area contributed by atoms with Gasteiger partial charge in [0, 0.05) is 19.8 Å². The smallest absolute Gasteiger partial charge is 0.160 e. The van der Waals surface area contributed by atoms with Gasteiger partial charge in [-0.15, -0.1) is 0 Å². The first-order valence-corrected chi connectivity index (χ1v) is 6.72. The highest BCUT2D eigenvalue weighted by molar-refractivity contribution is 5.77. The van der Waals surface area contributed by atoms with Gasteiger partial charge in [-0.2, -0.15) is 0 Å². The summed E-state index contributed by atoms with van der Waals surface area (Å²) in [5, 5.41) is 3.11. The van der Waals surface area contributed by atoms with Crippen molar-refractivity contribution < 1.29 is 0 Å². The molecular weight excluding hydrogens is 252 g/mol. The number of nitrogens with two attached hydrogens (primary N) is 1. The van der Waals surface area contributed by atoms with Crippen LogP contribution in [0.3, 0.4) is 0 Å². The van der Waals surface area contributed by atoms with Gasteiger partial charge in [0.15, 0.2) is 11.6 Å². The molecule has 0 aliphatic rings. The molecule has 2 heterocycles. The van der Waals surface area contributed by atoms with Crippen LogP contribution in [0.2, 0.25) is 0 Å². The molecule has 0 spiro atoms. The summed E-state index contributed by atoms with van der Waals surface area (Å²) in [5.41, 5.74) is 6.69. The summed E-state index contributed by atoms with van der Waals surface area (Å²) in [6, 6.07) is 5.63. The van der Waals surface area contributed by atoms with Crippen LogP contribution in [0, 0.1) is 0 Å². The SMILES string of the molecule is CCCCN(C)c1ncnc(Nc2ccccn2)c1N. The van der Waals surface area contributed by atoms with E-state index in [2.05, 4.69) is 27.2 Å². The molecule has 0 amide bonds. The van der Waals surface area contributed by atoms with Crippen molar-refractivity contribution in [1.82, 2.24) is 15.0 Å². The van der Waals surface area contributed by atoms with E-state index in [-0.39, 0.29) is 0 Å². The van der Waals surface area contributed by atoms with Gasteiger partial charge in [-0.05, 0) is 18.6 Å². The Balaban J connectivity index is 2.19. The molecule has 0 saturated carbocycles. The summed E-state index contributed by atoms with van der Waals surface area (Å²) < 4.78 is 0. The zero-order valence-corrected chi connectivity index (χ0v) is 11.9. The van der Waals surface area contributed by atoms with E-state index in [9.17, 15) is 0 Å². The van der Waals surface area contributed by atoms with Crippen LogP contribution in [0.25, 0.3) is 0 Å². The maximum Gasteiger partial charge on any atom is 0.160 e. The number of rotatable bonds is 6. The van der Waals surface area contributed by atoms with E-state index in [0.29, 0.717) is 17.3 Å². The fourth-order valence-corrected chi connectivity index (χ4v) is 1.85. The summed E-state index contributed by atoms with van der Waals surface area (Å²) >= 11 is 0. The average Bonchev–Trinajstić information content (AvgIpc) is 2.48. The first-order valence-electron chi connectivity index (χ1n) is 6.72. The summed E-state index contributed by atoms with van der Waals surface area (Å²) in [6.07, 6.45) is 5.46. The highest BCUT2D eigenvalue weighted by Gasteiger charge is 2.12. The van der Waals surface area contributed by atoms with Gasteiger partial charge in [0.05, 0.1) is 0 Å². The summed E-state index contributed by atoms with van der Waals surface area (Å²) in [6.45, 7) is 3.08. The lowest BCUT2D eigenvalue weighted by molar-refractivity contribution is 0.759. The molecule has 2 rings (SSSR count). The van der Waals surface area contributed by atoms with Gasteiger partial charge >= 0.3 is 0 Å². The second-order valence-corrected chi connectivity index (χ2v) is 4.57. The number of pyridine rings is 1. The van der Waals surface area contributed by atoms with Crippen molar-refractivity contribution in [2.45, 2.75) is 19.8 Å². The van der Waals surface area contributed by atoms with Crippen LogP contribution in [0.15, 0.2) is 30.7 Å². The molecule has 0 fully saturated rings. The number of aromatic nitrogens is 3. The van der Waals surface area contributed by atoms with Crippen molar-refractivity contribution in [2.75, 3.05) is 29.5 Å². The van der Waals surface area contributed by atoms with Crippen molar-refractivity contribution in [2.24, 2.45) is 0 Å². The number of nitrogens with zero attached hydrogens (tertiary/aromatic N) is 4. The molecule has 0 radical (unpaired) electrons. The second-order valence-electron chi connectivity index (χ2n) is 4.57. The predicted octanol–water partition coefficient (Wildman–Crippen LogP) is 2.43. The molecule has 0 unspecified atom stereocenters. The van der Waals surface area contributed by atoms with Crippen LogP contribution in [-0.2, 0) is 0 Å². The van der Waals surface area contributed by atoms with Gasteiger partial charge in [0.1, 0.15) is 17.8 Å². The number of hydrogen-bond acceptors (Lipinski definition) is 6. The molecule has 6 nitrogen and oxygen atoms in total. The molecule has 20 heavy (non-hydrogen) atoms. The zero-order valence-electron chi connectivity index (χ0n) is 11.9. The first-order chi connectivity index (χ1) is 9.72. The third-order valence-electron chi connectivity index (χ3n) is 2.98. The molecule has 106 valence electrons. The Morgan fingerprint density at radius 1 is 1.25 bits per heavy atom. The first kappa shape index (κ1) is 14.0. The van der Waals surface area contributed by atoms with E-state index in [1.54, 1.807) is 6.20 Å². The molecule has 0 atom stereocenters. The van der Waals surface area contributed by atoms with Crippen LogP contribution in [0.4, 0.5) is 23.1 Å². The van der Waals surface area contributed by atoms with Crippen molar-refractivity contribution in [1.29, 1.82) is 0 Å². The van der Waals surface area contributed by atoms with E-state index in [0.717, 1.165) is 25.2 Å². The standard InChI is InChI=1S/C14H20N6/c1-3-4-9-20(2)14-12(15)13(17-10-18-14)19-11-7-5-6-8-16-11/h5-8,10H,3-4,9,15H2,1-2H3,(H,16,17,18,19). The largest absolute Gasteiger partial charge is 0.393 e. The fourth-order valence-electron chi connectivity index (χ4n) is 1.85. The number of hydrogen-bond donors (Lipinski definition) is 2. The van der Waals surface area contributed by atoms with Crippen LogP contribution in [-0.4, -0.2) is 28.5 Å². The Hall–Kier alpha value is -2.37. The lowest BCUT2D eigenvalue weighted by atomic mass is 10.3. The van der Waals surface area contributed by atoms with Crippen molar-refractivity contribution in [3.63, 3.8) is 0 Å². The summed E-state index contributed by atoms with van der Waals surface area (Å²) in [4.78, 5) is 14.7. The number of nitrogens with one attached hydrogen (secondary N) is 1. The minimum Gasteiger partial charge on any atom is -0.393 e. The predicted molar refractivity (Wildman–Crippen MR) is 82.1 cm³/mol. The monoisotopic (exact) mass is 272 g/mol. The molecule has 2 aromatic rings. The minimum absolute atomic E-state index is 0.539. The second kappa shape index (κ2) is 6.70. The minimum atomic E-state index is 0.539. The highest BCUT2D eigenvalue weighted by Crippen LogP contribution is 2.27. The van der Waals surface area contributed by atoms with Gasteiger partial charge in [-0.25, -0.2) is 15.0 Å². The van der Waals surface area contributed by atoms with Crippen LogP contribution >= 0.6 is 0 Å². The lowest BCUT2D eigenvalue weighted by Gasteiger charge is -2.20. The Morgan fingerprint density at radius 3 is 2.80 bits per heavy atom. The quantitative estimate of drug-likeness (QED) is 0.840. The molecule has 0 aromatic carbocycles. The summed E-state index contributed by atoms with van der Waals surface area (Å²) in [5.74, 6) is 2.03. The third kappa shape index (κ3) is 3.34. The Bertz CT molecular complexity index is 543. The lowest BCUT2D eigenvalue weighted by Crippen LogP contribution is -2.21. The number of unbranched alkanes of at least 4 members (excludes halogenated alkanes) is 1. The van der Waals surface area contributed by atoms with Gasteiger partial charge in [0.25, 0.3) is 0 Å². The van der Waals surface area contributed by atoms with E-state index in [4.69, 9.17) is 5.73 Å². The van der Waals surface area contributed by atoms with Gasteiger partial charge < -0.3 is 16.0 Å². The third-order valence-corrected chi connectivity index (χ3v) is 2.98. The maximum absolute atomic E-state index is 6.15. The van der Waals surface area contributed by atoms with Crippen molar-refractivity contribution in [3.8, 4) is 0 Å². The normalized spacial score (nSPS) is 10.3. The fraction of sp³-hybridized carbons (Fsp3) is 0.357. The van der Waals surface area contributed by atoms with E-state index in [1.807, 2.05) is 30.1 Å². The van der Waals surface area contributed by atoms with Crippen LogP contribution < -0.4 is 16.0 Å². The van der Waals surface area contributed by atoms with Crippen molar-refractivity contribution in [3.05, 3.63) is 30.7 Å². The van der Waals surface area contributed by atoms with Crippen molar-refractivity contribution >= 4 is 23.1 Å². The Labute approximate surface area is 119 Å². The van der Waals surface area contributed by atoms with E-state index < -0.39 is 0 Å². The Morgan fingerprint density at radius 2 is 2.10 bits per heavy atom. The molecule has 2 aromatic heterocycles. The van der Waals surface area contributed by atoms with Gasteiger partial charge in [0.2, 0.25) is 0 Å². The molecule has 0 aliphatic heterocycles. The van der Waals surface area contributed by atoms with Gasteiger partial charge in [-0.1, -0.05) is 19.4 Å². The van der Waals surface area contributed by atoms with E-state index >= 15 is 0 Å².